The smallest absolute Gasteiger partial charge is 0.291 e. The first kappa shape index (κ1) is 23.9. The van der Waals surface area contributed by atoms with E-state index in [9.17, 15) is 19.7 Å². The van der Waals surface area contributed by atoms with E-state index < -0.39 is 16.9 Å². The molecule has 9 heteroatoms. The number of halogens is 1. The van der Waals surface area contributed by atoms with Crippen molar-refractivity contribution < 1.29 is 4.39 Å². The molecule has 2 aromatic heterocycles. The highest BCUT2D eigenvalue weighted by molar-refractivity contribution is 5.89. The van der Waals surface area contributed by atoms with Crippen LogP contribution in [0.25, 0.3) is 28.1 Å². The van der Waals surface area contributed by atoms with E-state index in [1.54, 1.807) is 16.9 Å². The predicted octanol–water partition coefficient (Wildman–Crippen LogP) is 4.71. The molecule has 0 fully saturated rings. The summed E-state index contributed by atoms with van der Waals surface area (Å²) in [6.07, 6.45) is 3.13. The summed E-state index contributed by atoms with van der Waals surface area (Å²) in [7, 11) is 0. The topological polar surface area (TPSA) is 126 Å². The maximum absolute atomic E-state index is 14.6. The van der Waals surface area contributed by atoms with Crippen LogP contribution in [0, 0.1) is 28.5 Å². The molecule has 0 aliphatic rings. The quantitative estimate of drug-likeness (QED) is 0.350. The monoisotopic (exact) mass is 499 g/mol. The van der Waals surface area contributed by atoms with Crippen LogP contribution < -0.4 is 11.3 Å². The van der Waals surface area contributed by atoms with Crippen molar-refractivity contribution in [1.29, 1.82) is 10.5 Å². The number of nitrogen functional groups attached to an aromatic ring is 1. The molecule has 38 heavy (non-hydrogen) atoms. The molecule has 0 unspecified atom stereocenters. The van der Waals surface area contributed by atoms with Crippen LogP contribution in [0.2, 0.25) is 0 Å². The van der Waals surface area contributed by atoms with E-state index in [-0.39, 0.29) is 22.5 Å². The van der Waals surface area contributed by atoms with Crippen molar-refractivity contribution in [1.82, 2.24) is 14.5 Å². The van der Waals surface area contributed by atoms with E-state index in [1.165, 1.54) is 30.5 Å². The highest BCUT2D eigenvalue weighted by Gasteiger charge is 2.23. The van der Waals surface area contributed by atoms with E-state index in [0.29, 0.717) is 11.3 Å². The Morgan fingerprint density at radius 2 is 1.53 bits per heavy atom. The second-order valence-electron chi connectivity index (χ2n) is 8.15. The fraction of sp³-hybridized carbons (Fsp3) is 0. The number of hydrogen-bond acceptors (Lipinski definition) is 6. The Kier molecular flexibility index (Phi) is 6.33. The molecule has 5 rings (SSSR count). The van der Waals surface area contributed by atoms with E-state index in [0.717, 1.165) is 15.9 Å². The Labute approximate surface area is 216 Å². The zero-order chi connectivity index (χ0) is 26.6. The van der Waals surface area contributed by atoms with E-state index >= 15 is 0 Å². The number of anilines is 1. The summed E-state index contributed by atoms with van der Waals surface area (Å²) in [6, 6.07) is 28.1. The second-order valence-corrected chi connectivity index (χ2v) is 8.15. The average molecular weight is 500 g/mol. The molecule has 3 aromatic carbocycles. The fourth-order valence-electron chi connectivity index (χ4n) is 4.08. The standard InChI is InChI=1S/C29H18FN7O/c30-25-14-8-7-13-22(25)26-23(15-31)28(33)37(29(38)24(26)16-32)34-17-20-18-36(21-11-5-2-6-12-21)35-27(20)19-9-3-1-4-10-19/h1-14,17-18H,33H2/b34-17+. The number of para-hydroxylation sites is 1. The van der Waals surface area contributed by atoms with Crippen LogP contribution in [-0.4, -0.2) is 20.7 Å². The summed E-state index contributed by atoms with van der Waals surface area (Å²) in [5.41, 5.74) is 7.18. The van der Waals surface area contributed by atoms with Gasteiger partial charge in [0.1, 0.15) is 40.6 Å². The lowest BCUT2D eigenvalue weighted by Gasteiger charge is -2.13. The third-order valence-corrected chi connectivity index (χ3v) is 5.88. The van der Waals surface area contributed by atoms with Crippen LogP contribution in [-0.2, 0) is 0 Å². The SMILES string of the molecule is N#Cc1c(-c2ccccc2F)c(C#N)c(=O)n(/N=C/c2cn(-c3ccccc3)nc2-c2ccccc2)c1N. The molecule has 2 heterocycles. The number of rotatable bonds is 5. The molecular formula is C29H18FN7O. The third-order valence-electron chi connectivity index (χ3n) is 5.88. The van der Waals surface area contributed by atoms with Gasteiger partial charge in [-0.25, -0.2) is 9.07 Å². The normalized spacial score (nSPS) is 10.8. The van der Waals surface area contributed by atoms with Gasteiger partial charge in [0.25, 0.3) is 5.56 Å². The van der Waals surface area contributed by atoms with E-state index in [1.807, 2.05) is 66.7 Å². The molecule has 2 N–H and O–H groups in total. The number of nitrogens with two attached hydrogens (primary N) is 1. The Morgan fingerprint density at radius 3 is 2.18 bits per heavy atom. The number of nitrogens with zero attached hydrogens (tertiary/aromatic N) is 6. The molecule has 0 atom stereocenters. The van der Waals surface area contributed by atoms with Crippen LogP contribution in [0.15, 0.2) is 101 Å². The molecule has 0 bridgehead atoms. The van der Waals surface area contributed by atoms with Crippen molar-refractivity contribution in [3.8, 4) is 40.2 Å². The van der Waals surface area contributed by atoms with Crippen molar-refractivity contribution in [2.45, 2.75) is 0 Å². The lowest BCUT2D eigenvalue weighted by atomic mass is 9.96. The first-order valence-corrected chi connectivity index (χ1v) is 11.4. The maximum Gasteiger partial charge on any atom is 0.291 e. The lowest BCUT2D eigenvalue weighted by molar-refractivity contribution is 0.631. The third kappa shape index (κ3) is 4.21. The molecule has 0 saturated heterocycles. The van der Waals surface area contributed by atoms with Crippen molar-refractivity contribution in [2.24, 2.45) is 5.10 Å². The van der Waals surface area contributed by atoms with Gasteiger partial charge in [-0.1, -0.05) is 66.7 Å². The van der Waals surface area contributed by atoms with Crippen LogP contribution >= 0.6 is 0 Å². The van der Waals surface area contributed by atoms with Crippen LogP contribution in [0.4, 0.5) is 10.2 Å². The van der Waals surface area contributed by atoms with Gasteiger partial charge in [-0.15, -0.1) is 0 Å². The summed E-state index contributed by atoms with van der Waals surface area (Å²) in [6.45, 7) is 0. The number of benzene rings is 3. The van der Waals surface area contributed by atoms with Gasteiger partial charge in [-0.05, 0) is 18.2 Å². The minimum absolute atomic E-state index is 0.0731. The summed E-state index contributed by atoms with van der Waals surface area (Å²) < 4.78 is 17.0. The molecule has 0 radical (unpaired) electrons. The lowest BCUT2D eigenvalue weighted by Crippen LogP contribution is -2.25. The minimum Gasteiger partial charge on any atom is -0.382 e. The zero-order valence-electron chi connectivity index (χ0n) is 19.8. The fourth-order valence-corrected chi connectivity index (χ4v) is 4.08. The van der Waals surface area contributed by atoms with Crippen molar-refractivity contribution in [2.75, 3.05) is 5.73 Å². The predicted molar refractivity (Wildman–Crippen MR) is 142 cm³/mol. The van der Waals surface area contributed by atoms with Crippen molar-refractivity contribution >= 4 is 12.0 Å². The number of aromatic nitrogens is 3. The van der Waals surface area contributed by atoms with E-state index in [4.69, 9.17) is 10.8 Å². The van der Waals surface area contributed by atoms with Gasteiger partial charge >= 0.3 is 0 Å². The maximum atomic E-state index is 14.6. The summed E-state index contributed by atoms with van der Waals surface area (Å²) >= 11 is 0. The number of pyridine rings is 1. The Bertz CT molecular complexity index is 1830. The molecule has 0 amide bonds. The molecule has 5 aromatic rings. The molecule has 0 aliphatic carbocycles. The molecular weight excluding hydrogens is 481 g/mol. The first-order chi connectivity index (χ1) is 18.5. The van der Waals surface area contributed by atoms with Gasteiger partial charge in [-0.2, -0.15) is 25.4 Å². The van der Waals surface area contributed by atoms with Crippen molar-refractivity contribution in [3.63, 3.8) is 0 Å². The first-order valence-electron chi connectivity index (χ1n) is 11.4. The Hall–Kier alpha value is -5.80. The highest BCUT2D eigenvalue weighted by atomic mass is 19.1. The van der Waals surface area contributed by atoms with Crippen LogP contribution in [0.1, 0.15) is 16.7 Å². The molecule has 0 saturated carbocycles. The Morgan fingerprint density at radius 1 is 0.895 bits per heavy atom. The van der Waals surface area contributed by atoms with Crippen LogP contribution in [0.5, 0.6) is 0 Å². The summed E-state index contributed by atoms with van der Waals surface area (Å²) in [4.78, 5) is 13.3. The Balaban J connectivity index is 1.69. The largest absolute Gasteiger partial charge is 0.382 e. The molecule has 0 spiro atoms. The van der Waals surface area contributed by atoms with Crippen LogP contribution in [0.3, 0.4) is 0 Å². The van der Waals surface area contributed by atoms with Gasteiger partial charge in [0.2, 0.25) is 0 Å². The molecule has 182 valence electrons. The van der Waals surface area contributed by atoms with Gasteiger partial charge in [-0.3, -0.25) is 4.79 Å². The van der Waals surface area contributed by atoms with E-state index in [2.05, 4.69) is 5.10 Å². The molecule has 8 nitrogen and oxygen atoms in total. The van der Waals surface area contributed by atoms with Crippen molar-refractivity contribution in [3.05, 3.63) is 124 Å². The van der Waals surface area contributed by atoms with Gasteiger partial charge in [0.05, 0.1) is 11.9 Å². The average Bonchev–Trinajstić information content (AvgIpc) is 3.38. The van der Waals surface area contributed by atoms with Gasteiger partial charge < -0.3 is 5.73 Å². The number of nitriles is 2. The highest BCUT2D eigenvalue weighted by Crippen LogP contribution is 2.31. The second kappa shape index (κ2) is 10.1. The summed E-state index contributed by atoms with van der Waals surface area (Å²) in [5, 5.41) is 28.6. The number of hydrogen-bond donors (Lipinski definition) is 1. The molecule has 0 aliphatic heterocycles. The minimum atomic E-state index is -0.879. The summed E-state index contributed by atoms with van der Waals surface area (Å²) in [5.74, 6) is -1.01. The van der Waals surface area contributed by atoms with Gasteiger partial charge in [0.15, 0.2) is 0 Å². The van der Waals surface area contributed by atoms with Gasteiger partial charge in [0, 0.05) is 28.5 Å². The zero-order valence-corrected chi connectivity index (χ0v) is 19.8.